The molecule has 0 radical (unpaired) electrons. The third-order valence-electron chi connectivity index (χ3n) is 2.33. The summed E-state index contributed by atoms with van der Waals surface area (Å²) >= 11 is 0. The van der Waals surface area contributed by atoms with Crippen molar-refractivity contribution in [2.24, 2.45) is 4.99 Å². The fourth-order valence-electron chi connectivity index (χ4n) is 1.45. The van der Waals surface area contributed by atoms with Gasteiger partial charge < -0.3 is 25.4 Å². The minimum Gasteiger partial charge on any atom is -0.444 e. The highest BCUT2D eigenvalue weighted by Gasteiger charge is 2.27. The third-order valence-corrected chi connectivity index (χ3v) is 2.33. The molecule has 150 valence electrons. The van der Waals surface area contributed by atoms with Gasteiger partial charge in [0.1, 0.15) is 12.2 Å². The lowest BCUT2D eigenvalue weighted by molar-refractivity contribution is -0.173. The number of carbonyl (C=O) groups excluding carboxylic acids is 1. The maximum Gasteiger partial charge on any atom is 0.411 e. The summed E-state index contributed by atoms with van der Waals surface area (Å²) in [5, 5.41) is 8.46. The van der Waals surface area contributed by atoms with Crippen molar-refractivity contribution in [3.05, 3.63) is 0 Å². The Morgan fingerprint density at radius 1 is 1.04 bits per heavy atom. The van der Waals surface area contributed by atoms with Crippen LogP contribution in [0.3, 0.4) is 0 Å². The fraction of sp³-hybridized carbons (Fsp3) is 0.857. The summed E-state index contributed by atoms with van der Waals surface area (Å²) in [7, 11) is 1.57. The average Bonchev–Trinajstić information content (AvgIpc) is 2.41. The lowest BCUT2D eigenvalue weighted by Crippen LogP contribution is -2.42. The van der Waals surface area contributed by atoms with E-state index in [1.54, 1.807) is 27.8 Å². The second-order valence-electron chi connectivity index (χ2n) is 5.88. The Morgan fingerprint density at radius 3 is 2.12 bits per heavy atom. The van der Waals surface area contributed by atoms with Crippen molar-refractivity contribution in [1.29, 1.82) is 0 Å². The summed E-state index contributed by atoms with van der Waals surface area (Å²) in [4.78, 5) is 15.4. The molecule has 0 spiro atoms. The van der Waals surface area contributed by atoms with Gasteiger partial charge in [-0.05, 0) is 27.2 Å². The van der Waals surface area contributed by atoms with Crippen molar-refractivity contribution in [3.8, 4) is 0 Å². The van der Waals surface area contributed by atoms with Crippen molar-refractivity contribution in [2.45, 2.75) is 39.0 Å². The van der Waals surface area contributed by atoms with Crippen LogP contribution in [0.5, 0.6) is 0 Å². The monoisotopic (exact) mass is 484 g/mol. The van der Waals surface area contributed by atoms with Crippen LogP contribution in [-0.4, -0.2) is 63.7 Å². The minimum absolute atomic E-state index is 0. The van der Waals surface area contributed by atoms with Crippen LogP contribution in [0.25, 0.3) is 0 Å². The van der Waals surface area contributed by atoms with Crippen LogP contribution in [0.2, 0.25) is 0 Å². The average molecular weight is 484 g/mol. The van der Waals surface area contributed by atoms with Crippen molar-refractivity contribution in [2.75, 3.05) is 39.9 Å². The number of amides is 1. The summed E-state index contributed by atoms with van der Waals surface area (Å²) < 4.78 is 45.2. The normalized spacial score (nSPS) is 12.2. The molecule has 0 rings (SSSR count). The van der Waals surface area contributed by atoms with Gasteiger partial charge in [0.15, 0.2) is 5.96 Å². The Morgan fingerprint density at radius 2 is 1.60 bits per heavy atom. The molecular formula is C14H28F3IN4O3. The van der Waals surface area contributed by atoms with Crippen LogP contribution < -0.4 is 16.0 Å². The summed E-state index contributed by atoms with van der Waals surface area (Å²) in [6.45, 7) is 5.25. The zero-order valence-electron chi connectivity index (χ0n) is 15.0. The molecule has 0 aromatic carbocycles. The number of guanidine groups is 1. The molecule has 0 bridgehead atoms. The zero-order valence-corrected chi connectivity index (χ0v) is 17.3. The van der Waals surface area contributed by atoms with Crippen LogP contribution in [-0.2, 0) is 9.47 Å². The van der Waals surface area contributed by atoms with Gasteiger partial charge in [0, 0.05) is 33.3 Å². The number of nitrogens with zero attached hydrogens (tertiary/aromatic N) is 1. The number of nitrogens with one attached hydrogen (secondary N) is 3. The first-order chi connectivity index (χ1) is 11.0. The first kappa shape index (κ1) is 26.3. The van der Waals surface area contributed by atoms with Gasteiger partial charge in [-0.2, -0.15) is 13.2 Å². The van der Waals surface area contributed by atoms with E-state index >= 15 is 0 Å². The molecule has 0 unspecified atom stereocenters. The van der Waals surface area contributed by atoms with Gasteiger partial charge in [-0.3, -0.25) is 4.99 Å². The van der Waals surface area contributed by atoms with Gasteiger partial charge >= 0.3 is 12.3 Å². The molecule has 0 saturated carbocycles. The summed E-state index contributed by atoms with van der Waals surface area (Å²) in [6.07, 6.45) is -4.40. The quantitative estimate of drug-likeness (QED) is 0.213. The van der Waals surface area contributed by atoms with Crippen LogP contribution in [0.4, 0.5) is 18.0 Å². The second-order valence-corrected chi connectivity index (χ2v) is 5.88. The van der Waals surface area contributed by atoms with Crippen LogP contribution in [0.15, 0.2) is 4.99 Å². The molecule has 0 aromatic rings. The number of alkyl carbamates (subject to hydrolysis) is 1. The molecule has 25 heavy (non-hydrogen) atoms. The molecule has 0 saturated heterocycles. The largest absolute Gasteiger partial charge is 0.444 e. The molecule has 11 heteroatoms. The predicted molar refractivity (Wildman–Crippen MR) is 101 cm³/mol. The van der Waals surface area contributed by atoms with Crippen molar-refractivity contribution in [3.63, 3.8) is 0 Å². The van der Waals surface area contributed by atoms with Crippen LogP contribution in [0.1, 0.15) is 27.2 Å². The van der Waals surface area contributed by atoms with E-state index in [0.717, 1.165) is 0 Å². The molecule has 1 amide bonds. The van der Waals surface area contributed by atoms with Crippen molar-refractivity contribution < 1.29 is 27.4 Å². The van der Waals surface area contributed by atoms with E-state index in [2.05, 4.69) is 25.7 Å². The number of carbonyl (C=O) groups is 1. The lowest BCUT2D eigenvalue weighted by atomic mass is 10.2. The molecular weight excluding hydrogens is 456 g/mol. The van der Waals surface area contributed by atoms with E-state index in [9.17, 15) is 18.0 Å². The smallest absolute Gasteiger partial charge is 0.411 e. The first-order valence-electron chi connectivity index (χ1n) is 7.59. The minimum atomic E-state index is -4.30. The van der Waals surface area contributed by atoms with E-state index < -0.39 is 24.5 Å². The number of alkyl halides is 3. The number of halogens is 4. The van der Waals surface area contributed by atoms with E-state index in [0.29, 0.717) is 32.0 Å². The van der Waals surface area contributed by atoms with E-state index in [-0.39, 0.29) is 30.6 Å². The van der Waals surface area contributed by atoms with Gasteiger partial charge in [0.05, 0.1) is 0 Å². The molecule has 0 fully saturated rings. The molecule has 0 aliphatic carbocycles. The number of hydrogen-bond donors (Lipinski definition) is 3. The highest BCUT2D eigenvalue weighted by molar-refractivity contribution is 14.0. The highest BCUT2D eigenvalue weighted by Crippen LogP contribution is 2.14. The first-order valence-corrected chi connectivity index (χ1v) is 7.59. The van der Waals surface area contributed by atoms with E-state index in [1.165, 1.54) is 0 Å². The van der Waals surface area contributed by atoms with Gasteiger partial charge in [-0.15, -0.1) is 24.0 Å². The topological polar surface area (TPSA) is 84.0 Å². The Labute approximate surface area is 163 Å². The fourth-order valence-corrected chi connectivity index (χ4v) is 1.45. The lowest BCUT2D eigenvalue weighted by Gasteiger charge is -2.19. The summed E-state index contributed by atoms with van der Waals surface area (Å²) in [5.41, 5.74) is -0.552. The highest BCUT2D eigenvalue weighted by atomic mass is 127. The van der Waals surface area contributed by atoms with Gasteiger partial charge in [0.2, 0.25) is 0 Å². The maximum atomic E-state index is 11.9. The Bertz CT molecular complexity index is 402. The Kier molecular flexibility index (Phi) is 13.9. The number of aliphatic imine (C=N–C) groups is 1. The predicted octanol–water partition coefficient (Wildman–Crippen LogP) is 2.26. The molecule has 0 aliphatic heterocycles. The third kappa shape index (κ3) is 19.2. The zero-order chi connectivity index (χ0) is 18.6. The van der Waals surface area contributed by atoms with Crippen molar-refractivity contribution in [1.82, 2.24) is 16.0 Å². The SMILES string of the molecule is CN=C(NCCCOCC(F)(F)F)NCCNC(=O)OC(C)(C)C.I. The molecule has 3 N–H and O–H groups in total. The summed E-state index contributed by atoms with van der Waals surface area (Å²) in [5.74, 6) is 0.483. The molecule has 0 atom stereocenters. The standard InChI is InChI=1S/C14H27F3N4O3.HI/c1-13(2,3)24-12(22)21-8-7-20-11(18-4)19-6-5-9-23-10-14(15,16)17;/h5-10H2,1-4H3,(H,21,22)(H2,18,19,20);1H. The van der Waals surface area contributed by atoms with Crippen molar-refractivity contribution >= 4 is 36.0 Å². The Balaban J connectivity index is 0. The van der Waals surface area contributed by atoms with Crippen LogP contribution in [0, 0.1) is 0 Å². The van der Waals surface area contributed by atoms with Crippen LogP contribution >= 0.6 is 24.0 Å². The molecule has 0 heterocycles. The Hall–Kier alpha value is -0.980. The van der Waals surface area contributed by atoms with E-state index in [1.807, 2.05) is 0 Å². The number of rotatable bonds is 8. The van der Waals surface area contributed by atoms with Gasteiger partial charge in [-0.1, -0.05) is 0 Å². The number of hydrogen-bond acceptors (Lipinski definition) is 4. The second kappa shape index (κ2) is 13.3. The maximum absolute atomic E-state index is 11.9. The molecule has 0 aliphatic rings. The van der Waals surface area contributed by atoms with Gasteiger partial charge in [-0.25, -0.2) is 4.79 Å². The molecule has 7 nitrogen and oxygen atoms in total. The van der Waals surface area contributed by atoms with E-state index in [4.69, 9.17) is 4.74 Å². The number of ether oxygens (including phenoxy) is 2. The molecule has 0 aromatic heterocycles. The van der Waals surface area contributed by atoms with Gasteiger partial charge in [0.25, 0.3) is 0 Å². The summed E-state index contributed by atoms with van der Waals surface area (Å²) in [6, 6.07) is 0.